The molecule has 1 aliphatic rings. The highest BCUT2D eigenvalue weighted by atomic mass is 14.7. The van der Waals surface area contributed by atoms with E-state index in [-0.39, 0.29) is 0 Å². The van der Waals surface area contributed by atoms with E-state index >= 15 is 0 Å². The zero-order chi connectivity index (χ0) is 8.81. The largest absolute Gasteiger partial charge is 0.323 e. The standard InChI is InChI=1S/C9H8.C2H7N/c1-2-5-9-7-3-6-8(9)4-1;1-3-2/h1-6H,7H2;3H,1-2H3. The Morgan fingerprint density at radius 1 is 1.17 bits per heavy atom. The van der Waals surface area contributed by atoms with Gasteiger partial charge >= 0.3 is 0 Å². The average Bonchev–Trinajstić information content (AvgIpc) is 2.52. The van der Waals surface area contributed by atoms with Gasteiger partial charge in [0.1, 0.15) is 0 Å². The maximum atomic E-state index is 2.75. The fourth-order valence-corrected chi connectivity index (χ4v) is 1.20. The van der Waals surface area contributed by atoms with Crippen molar-refractivity contribution in [3.05, 3.63) is 41.5 Å². The SMILES string of the molecule is C1=Cc2ccccc2C1.CNC. The first kappa shape index (κ1) is 9.01. The Morgan fingerprint density at radius 3 is 2.50 bits per heavy atom. The minimum atomic E-state index is 1.12. The summed E-state index contributed by atoms with van der Waals surface area (Å²) in [7, 11) is 3.75. The van der Waals surface area contributed by atoms with Crippen LogP contribution in [0.5, 0.6) is 0 Å². The van der Waals surface area contributed by atoms with E-state index in [0.29, 0.717) is 0 Å². The molecule has 1 aromatic rings. The van der Waals surface area contributed by atoms with Crippen LogP contribution in [0.1, 0.15) is 11.1 Å². The van der Waals surface area contributed by atoms with E-state index in [1.54, 1.807) is 0 Å². The maximum Gasteiger partial charge on any atom is -0.00882 e. The summed E-state index contributed by atoms with van der Waals surface area (Å²) in [5.74, 6) is 0. The van der Waals surface area contributed by atoms with E-state index in [1.165, 1.54) is 11.1 Å². The second kappa shape index (κ2) is 4.73. The number of benzene rings is 1. The van der Waals surface area contributed by atoms with Gasteiger partial charge in [-0.3, -0.25) is 0 Å². The lowest BCUT2D eigenvalue weighted by molar-refractivity contribution is 1.02. The lowest BCUT2D eigenvalue weighted by Crippen LogP contribution is -1.89. The fourth-order valence-electron chi connectivity index (χ4n) is 1.20. The zero-order valence-corrected chi connectivity index (χ0v) is 7.67. The molecule has 1 N–H and O–H groups in total. The minimum absolute atomic E-state index is 1.12. The van der Waals surface area contributed by atoms with Crippen LogP contribution >= 0.6 is 0 Å². The van der Waals surface area contributed by atoms with Crippen molar-refractivity contribution in [2.75, 3.05) is 14.1 Å². The Kier molecular flexibility index (Phi) is 3.55. The summed E-state index contributed by atoms with van der Waals surface area (Å²) in [6.07, 6.45) is 5.50. The molecule has 0 aromatic heterocycles. The van der Waals surface area contributed by atoms with Crippen LogP contribution in [0.3, 0.4) is 0 Å². The van der Waals surface area contributed by atoms with Crippen LogP contribution in [0, 0.1) is 0 Å². The van der Waals surface area contributed by atoms with E-state index in [4.69, 9.17) is 0 Å². The lowest BCUT2D eigenvalue weighted by atomic mass is 10.1. The number of fused-ring (bicyclic) bond motifs is 1. The maximum absolute atomic E-state index is 2.75. The van der Waals surface area contributed by atoms with Crippen LogP contribution in [0.4, 0.5) is 0 Å². The third kappa shape index (κ3) is 2.21. The normalized spacial score (nSPS) is 11.8. The first-order chi connectivity index (χ1) is 5.88. The molecule has 0 heterocycles. The summed E-state index contributed by atoms with van der Waals surface area (Å²) < 4.78 is 0. The molecule has 1 aromatic carbocycles. The molecule has 12 heavy (non-hydrogen) atoms. The molecule has 1 nitrogen and oxygen atoms in total. The van der Waals surface area contributed by atoms with Crippen molar-refractivity contribution in [2.24, 2.45) is 0 Å². The molecule has 0 unspecified atom stereocenters. The monoisotopic (exact) mass is 161 g/mol. The molecule has 0 fully saturated rings. The predicted molar refractivity (Wildman–Crippen MR) is 54.2 cm³/mol. The predicted octanol–water partition coefficient (Wildman–Crippen LogP) is 2.09. The molecule has 0 saturated carbocycles. The summed E-state index contributed by atoms with van der Waals surface area (Å²) in [5.41, 5.74) is 2.84. The molecular weight excluding hydrogens is 146 g/mol. The van der Waals surface area contributed by atoms with Crippen LogP contribution < -0.4 is 5.32 Å². The molecule has 0 aliphatic heterocycles. The van der Waals surface area contributed by atoms with Crippen LogP contribution in [0.15, 0.2) is 30.3 Å². The van der Waals surface area contributed by atoms with Gasteiger partial charge in [0.15, 0.2) is 0 Å². The lowest BCUT2D eigenvalue weighted by Gasteiger charge is -1.93. The van der Waals surface area contributed by atoms with Gasteiger partial charge in [0, 0.05) is 0 Å². The minimum Gasteiger partial charge on any atom is -0.323 e. The van der Waals surface area contributed by atoms with E-state index in [2.05, 4.69) is 41.7 Å². The summed E-state index contributed by atoms with van der Waals surface area (Å²) in [4.78, 5) is 0. The highest BCUT2D eigenvalue weighted by molar-refractivity contribution is 5.59. The third-order valence-corrected chi connectivity index (χ3v) is 1.69. The first-order valence-corrected chi connectivity index (χ1v) is 4.21. The van der Waals surface area contributed by atoms with Crippen LogP contribution in [0.25, 0.3) is 6.08 Å². The van der Waals surface area contributed by atoms with Gasteiger partial charge < -0.3 is 5.32 Å². The molecule has 0 saturated heterocycles. The van der Waals surface area contributed by atoms with Crippen molar-refractivity contribution in [1.29, 1.82) is 0 Å². The van der Waals surface area contributed by atoms with Gasteiger partial charge in [-0.25, -0.2) is 0 Å². The summed E-state index contributed by atoms with van der Waals surface area (Å²) in [5, 5.41) is 2.75. The van der Waals surface area contributed by atoms with Gasteiger partial charge in [-0.1, -0.05) is 36.4 Å². The van der Waals surface area contributed by atoms with Crippen LogP contribution in [0.2, 0.25) is 0 Å². The third-order valence-electron chi connectivity index (χ3n) is 1.69. The molecule has 0 spiro atoms. The Balaban J connectivity index is 0.000000213. The van der Waals surface area contributed by atoms with Crippen molar-refractivity contribution in [3.63, 3.8) is 0 Å². The number of nitrogens with one attached hydrogen (secondary N) is 1. The van der Waals surface area contributed by atoms with E-state index in [0.717, 1.165) is 6.42 Å². The Hall–Kier alpha value is -1.08. The van der Waals surface area contributed by atoms with E-state index in [9.17, 15) is 0 Å². The molecule has 64 valence electrons. The molecule has 0 radical (unpaired) electrons. The average molecular weight is 161 g/mol. The zero-order valence-electron chi connectivity index (χ0n) is 7.67. The highest BCUT2D eigenvalue weighted by Gasteiger charge is 2.00. The quantitative estimate of drug-likeness (QED) is 0.614. The van der Waals surface area contributed by atoms with Crippen molar-refractivity contribution in [2.45, 2.75) is 6.42 Å². The van der Waals surface area contributed by atoms with Crippen molar-refractivity contribution in [1.82, 2.24) is 5.32 Å². The van der Waals surface area contributed by atoms with Gasteiger partial charge in [-0.05, 0) is 31.6 Å². The van der Waals surface area contributed by atoms with Gasteiger partial charge in [0.2, 0.25) is 0 Å². The molecule has 0 atom stereocenters. The highest BCUT2D eigenvalue weighted by Crippen LogP contribution is 2.17. The Labute approximate surface area is 74.1 Å². The van der Waals surface area contributed by atoms with Gasteiger partial charge in [-0.2, -0.15) is 0 Å². The van der Waals surface area contributed by atoms with Crippen LogP contribution in [-0.2, 0) is 6.42 Å². The van der Waals surface area contributed by atoms with Crippen molar-refractivity contribution >= 4 is 6.08 Å². The van der Waals surface area contributed by atoms with Gasteiger partial charge in [-0.15, -0.1) is 0 Å². The van der Waals surface area contributed by atoms with Crippen LogP contribution in [-0.4, -0.2) is 14.1 Å². The van der Waals surface area contributed by atoms with Crippen molar-refractivity contribution < 1.29 is 0 Å². The Bertz CT molecular complexity index is 263. The van der Waals surface area contributed by atoms with Crippen molar-refractivity contribution in [3.8, 4) is 0 Å². The second-order valence-corrected chi connectivity index (χ2v) is 2.81. The fraction of sp³-hybridized carbons (Fsp3) is 0.273. The van der Waals surface area contributed by atoms with E-state index < -0.39 is 0 Å². The summed E-state index contributed by atoms with van der Waals surface area (Å²) in [6, 6.07) is 8.49. The van der Waals surface area contributed by atoms with Gasteiger partial charge in [0.05, 0.1) is 0 Å². The molecule has 2 rings (SSSR count). The number of hydrogen-bond acceptors (Lipinski definition) is 1. The topological polar surface area (TPSA) is 12.0 Å². The number of allylic oxidation sites excluding steroid dienone is 1. The molecule has 1 heteroatoms. The van der Waals surface area contributed by atoms with Gasteiger partial charge in [0.25, 0.3) is 0 Å². The molecular formula is C11H15N. The van der Waals surface area contributed by atoms with E-state index in [1.807, 2.05) is 14.1 Å². The number of rotatable bonds is 0. The molecule has 0 bridgehead atoms. The summed E-state index contributed by atoms with van der Waals surface area (Å²) in [6.45, 7) is 0. The number of hydrogen-bond donors (Lipinski definition) is 1. The molecule has 1 aliphatic carbocycles. The smallest absolute Gasteiger partial charge is 0.00882 e. The molecule has 0 amide bonds. The Morgan fingerprint density at radius 2 is 1.83 bits per heavy atom. The first-order valence-electron chi connectivity index (χ1n) is 4.21. The second-order valence-electron chi connectivity index (χ2n) is 2.81. The summed E-state index contributed by atoms with van der Waals surface area (Å²) >= 11 is 0.